The quantitative estimate of drug-likeness (QED) is 0.288. The van der Waals surface area contributed by atoms with Crippen LogP contribution in [0.1, 0.15) is 35.3 Å². The third-order valence-electron chi connectivity index (χ3n) is 6.18. The highest BCUT2D eigenvalue weighted by atomic mass is 16.2. The van der Waals surface area contributed by atoms with E-state index in [-0.39, 0.29) is 24.6 Å². The van der Waals surface area contributed by atoms with Crippen molar-refractivity contribution in [3.63, 3.8) is 0 Å². The average Bonchev–Trinajstić information content (AvgIpc) is 2.95. The van der Waals surface area contributed by atoms with Gasteiger partial charge in [0.15, 0.2) is 0 Å². The molecule has 4 rings (SSSR count). The number of fused-ring (bicyclic) bond motifs is 1. The normalized spacial score (nSPS) is 15.7. The summed E-state index contributed by atoms with van der Waals surface area (Å²) in [6, 6.07) is 14.9. The lowest BCUT2D eigenvalue weighted by Crippen LogP contribution is -2.52. The third-order valence-corrected chi connectivity index (χ3v) is 6.18. The molecule has 11 heteroatoms. The first-order chi connectivity index (χ1) is 18.4. The van der Waals surface area contributed by atoms with Crippen molar-refractivity contribution < 1.29 is 24.0 Å². The minimum atomic E-state index is -1.23. The van der Waals surface area contributed by atoms with E-state index >= 15 is 0 Å². The van der Waals surface area contributed by atoms with Crippen LogP contribution in [0.5, 0.6) is 0 Å². The minimum Gasteiger partial charge on any atom is -0.356 e. The molecule has 0 bridgehead atoms. The molecule has 4 N–H and O–H groups in total. The van der Waals surface area contributed by atoms with Crippen LogP contribution < -0.4 is 21.3 Å². The van der Waals surface area contributed by atoms with Crippen molar-refractivity contribution in [3.8, 4) is 0 Å². The van der Waals surface area contributed by atoms with Crippen molar-refractivity contribution in [2.45, 2.75) is 31.8 Å². The fraction of sp³-hybridized carbons (Fsp3) is 0.296. The second-order valence-electron chi connectivity index (χ2n) is 8.95. The molecule has 1 aliphatic rings. The van der Waals surface area contributed by atoms with Gasteiger partial charge in [-0.2, -0.15) is 0 Å². The van der Waals surface area contributed by atoms with Gasteiger partial charge in [0, 0.05) is 19.0 Å². The van der Waals surface area contributed by atoms with Crippen LogP contribution in [-0.2, 0) is 25.7 Å². The first-order valence-corrected chi connectivity index (χ1v) is 12.3. The van der Waals surface area contributed by atoms with Crippen molar-refractivity contribution in [3.05, 3.63) is 72.1 Å². The molecule has 2 unspecified atom stereocenters. The number of para-hydroxylation sites is 2. The lowest BCUT2D eigenvalue weighted by molar-refractivity contribution is -0.141. The Morgan fingerprint density at radius 1 is 0.974 bits per heavy atom. The SMILES string of the molecule is O=C(CNC(=O)c1cnc2ccccc2n1)NC(CC1CCCNC1=O)C(=O)C(=O)NCc1ccccc1. The van der Waals surface area contributed by atoms with Crippen LogP contribution in [0.15, 0.2) is 60.8 Å². The maximum absolute atomic E-state index is 13.0. The second kappa shape index (κ2) is 12.5. The van der Waals surface area contributed by atoms with Gasteiger partial charge in [-0.15, -0.1) is 0 Å². The molecule has 4 amide bonds. The van der Waals surface area contributed by atoms with E-state index < -0.39 is 42.0 Å². The van der Waals surface area contributed by atoms with E-state index in [0.717, 1.165) is 12.0 Å². The molecule has 2 heterocycles. The van der Waals surface area contributed by atoms with Crippen LogP contribution in [0.25, 0.3) is 11.0 Å². The molecule has 3 aromatic rings. The highest BCUT2D eigenvalue weighted by Gasteiger charge is 2.33. The molecule has 0 aliphatic carbocycles. The zero-order valence-electron chi connectivity index (χ0n) is 20.6. The van der Waals surface area contributed by atoms with Gasteiger partial charge in [0.1, 0.15) is 5.69 Å². The van der Waals surface area contributed by atoms with Crippen molar-refractivity contribution >= 4 is 40.4 Å². The molecule has 11 nitrogen and oxygen atoms in total. The van der Waals surface area contributed by atoms with Gasteiger partial charge in [-0.1, -0.05) is 42.5 Å². The van der Waals surface area contributed by atoms with Crippen LogP contribution in [0.3, 0.4) is 0 Å². The highest BCUT2D eigenvalue weighted by molar-refractivity contribution is 6.38. The predicted octanol–water partition coefficient (Wildman–Crippen LogP) is 0.646. The van der Waals surface area contributed by atoms with Crippen LogP contribution in [0.4, 0.5) is 0 Å². The first-order valence-electron chi connectivity index (χ1n) is 12.3. The number of hydrogen-bond donors (Lipinski definition) is 4. The number of carbonyl (C=O) groups excluding carboxylic acids is 5. The minimum absolute atomic E-state index is 0.0285. The van der Waals surface area contributed by atoms with Gasteiger partial charge in [0.2, 0.25) is 17.6 Å². The summed E-state index contributed by atoms with van der Waals surface area (Å²) in [7, 11) is 0. The van der Waals surface area contributed by atoms with Gasteiger partial charge in [-0.3, -0.25) is 29.0 Å². The van der Waals surface area contributed by atoms with E-state index in [1.807, 2.05) is 18.2 Å². The molecule has 2 atom stereocenters. The zero-order valence-corrected chi connectivity index (χ0v) is 20.6. The van der Waals surface area contributed by atoms with Crippen molar-refractivity contribution in [2.75, 3.05) is 13.1 Å². The van der Waals surface area contributed by atoms with Gasteiger partial charge < -0.3 is 21.3 Å². The van der Waals surface area contributed by atoms with Crippen LogP contribution in [0, 0.1) is 5.92 Å². The van der Waals surface area contributed by atoms with Crippen LogP contribution >= 0.6 is 0 Å². The summed E-state index contributed by atoms with van der Waals surface area (Å²) in [5.74, 6) is -3.78. The number of piperidine rings is 1. The number of ketones is 1. The smallest absolute Gasteiger partial charge is 0.289 e. The summed E-state index contributed by atoms with van der Waals surface area (Å²) < 4.78 is 0. The average molecular weight is 517 g/mol. The molecular formula is C27H28N6O5. The summed E-state index contributed by atoms with van der Waals surface area (Å²) in [6.07, 6.45) is 2.54. The summed E-state index contributed by atoms with van der Waals surface area (Å²) >= 11 is 0. The number of Topliss-reactive ketones (excluding diaryl/α,β-unsaturated/α-hetero) is 1. The number of carbonyl (C=O) groups is 5. The number of benzene rings is 2. The maximum atomic E-state index is 13.0. The van der Waals surface area contributed by atoms with E-state index in [1.54, 1.807) is 36.4 Å². The molecule has 1 aromatic heterocycles. The van der Waals surface area contributed by atoms with E-state index in [4.69, 9.17) is 0 Å². The Bertz CT molecular complexity index is 1350. The number of rotatable bonds is 10. The molecule has 1 saturated heterocycles. The molecule has 196 valence electrons. The van der Waals surface area contributed by atoms with E-state index in [9.17, 15) is 24.0 Å². The lowest BCUT2D eigenvalue weighted by Gasteiger charge is -2.26. The van der Waals surface area contributed by atoms with Gasteiger partial charge in [0.05, 0.1) is 29.8 Å². The monoisotopic (exact) mass is 516 g/mol. The number of amides is 4. The Hall–Kier alpha value is -4.67. The van der Waals surface area contributed by atoms with E-state index in [0.29, 0.717) is 24.0 Å². The first kappa shape index (κ1) is 26.4. The largest absolute Gasteiger partial charge is 0.356 e. The topological polar surface area (TPSA) is 159 Å². The molecule has 1 aliphatic heterocycles. The van der Waals surface area contributed by atoms with Gasteiger partial charge >= 0.3 is 0 Å². The summed E-state index contributed by atoms with van der Waals surface area (Å²) in [6.45, 7) is 0.222. The molecule has 0 spiro atoms. The zero-order chi connectivity index (χ0) is 26.9. The Labute approximate surface area is 218 Å². The Morgan fingerprint density at radius 3 is 2.47 bits per heavy atom. The predicted molar refractivity (Wildman–Crippen MR) is 137 cm³/mol. The summed E-state index contributed by atoms with van der Waals surface area (Å²) in [5.41, 5.74) is 1.99. The molecule has 0 radical (unpaired) electrons. The van der Waals surface area contributed by atoms with E-state index in [1.165, 1.54) is 6.20 Å². The van der Waals surface area contributed by atoms with Gasteiger partial charge in [-0.05, 0) is 37.0 Å². The molecular weight excluding hydrogens is 488 g/mol. The van der Waals surface area contributed by atoms with E-state index in [2.05, 4.69) is 31.2 Å². The fourth-order valence-corrected chi connectivity index (χ4v) is 4.16. The fourth-order valence-electron chi connectivity index (χ4n) is 4.16. The number of nitrogens with zero attached hydrogens (tertiary/aromatic N) is 2. The number of aromatic nitrogens is 2. The van der Waals surface area contributed by atoms with Crippen molar-refractivity contribution in [1.82, 2.24) is 31.2 Å². The van der Waals surface area contributed by atoms with Crippen LogP contribution in [0.2, 0.25) is 0 Å². The highest BCUT2D eigenvalue weighted by Crippen LogP contribution is 2.18. The lowest BCUT2D eigenvalue weighted by atomic mass is 9.90. The second-order valence-corrected chi connectivity index (χ2v) is 8.95. The van der Waals surface area contributed by atoms with Crippen molar-refractivity contribution in [1.29, 1.82) is 0 Å². The number of nitrogens with one attached hydrogen (secondary N) is 4. The van der Waals surface area contributed by atoms with Crippen LogP contribution in [-0.4, -0.2) is 58.5 Å². The molecule has 1 fully saturated rings. The summed E-state index contributed by atoms with van der Waals surface area (Å²) in [4.78, 5) is 71.5. The molecule has 0 saturated carbocycles. The molecule has 2 aromatic carbocycles. The van der Waals surface area contributed by atoms with Gasteiger partial charge in [0.25, 0.3) is 11.8 Å². The standard InChI is InChI=1S/C27H28N6O5/c34-23(16-31-26(37)22-15-29-19-10-4-5-11-20(19)32-22)33-21(13-18-9-6-12-28-25(18)36)24(35)27(38)30-14-17-7-2-1-3-8-17/h1-5,7-8,10-11,15,18,21H,6,9,12-14,16H2,(H,28,36)(H,30,38)(H,31,37)(H,33,34). The Kier molecular flexibility index (Phi) is 8.70. The van der Waals surface area contributed by atoms with Gasteiger partial charge in [-0.25, -0.2) is 4.98 Å². The third kappa shape index (κ3) is 6.96. The Balaban J connectivity index is 1.38. The van der Waals surface area contributed by atoms with Crippen molar-refractivity contribution in [2.24, 2.45) is 5.92 Å². The number of hydrogen-bond acceptors (Lipinski definition) is 7. The maximum Gasteiger partial charge on any atom is 0.289 e. The molecule has 38 heavy (non-hydrogen) atoms. The Morgan fingerprint density at radius 2 is 1.71 bits per heavy atom. The summed E-state index contributed by atoms with van der Waals surface area (Å²) in [5, 5.41) is 10.3.